The van der Waals surface area contributed by atoms with Crippen LogP contribution in [0.2, 0.25) is 0 Å². The van der Waals surface area contributed by atoms with E-state index in [1.54, 1.807) is 0 Å². The minimum Gasteiger partial charge on any atom is -0.489 e. The highest BCUT2D eigenvalue weighted by Crippen LogP contribution is 2.66. The molecule has 8 nitrogen and oxygen atoms in total. The fourth-order valence-electron chi connectivity index (χ4n) is 9.48. The summed E-state index contributed by atoms with van der Waals surface area (Å²) >= 11 is 0. The molecule has 4 bridgehead atoms. The molecule has 5 fully saturated rings. The van der Waals surface area contributed by atoms with Gasteiger partial charge in [0.05, 0.1) is 18.7 Å². The number of carbonyl (C=O) groups excluding carboxylic acids is 3. The summed E-state index contributed by atoms with van der Waals surface area (Å²) in [5, 5.41) is 2.97. The van der Waals surface area contributed by atoms with Crippen molar-refractivity contribution >= 4 is 17.8 Å². The number of nitrogens with zero attached hydrogens (tertiary/aromatic N) is 2. The van der Waals surface area contributed by atoms with Crippen molar-refractivity contribution in [3.8, 4) is 5.75 Å². The van der Waals surface area contributed by atoms with Gasteiger partial charge in [0.25, 0.3) is 0 Å². The molecule has 1 heterocycles. The second-order valence-corrected chi connectivity index (χ2v) is 15.7. The summed E-state index contributed by atoms with van der Waals surface area (Å²) in [6.07, 6.45) is 16.8. The quantitative estimate of drug-likeness (QED) is 0.122. The van der Waals surface area contributed by atoms with Crippen molar-refractivity contribution in [3.05, 3.63) is 65.2 Å². The molecule has 2 atom stereocenters. The summed E-state index contributed by atoms with van der Waals surface area (Å²) in [5.41, 5.74) is 2.88. The molecule has 272 valence electrons. The lowest BCUT2D eigenvalue weighted by Gasteiger charge is -2.35. The lowest BCUT2D eigenvalue weighted by Crippen LogP contribution is -2.51. The standard InChI is InChI=1S/C42H59N3O5/c1-2-3-4-5-6-7-8-11-22-49-41(48)35-16-14-32(15-17-35)31-50-38-13-10-9-12-36(38)30-44-18-20-45(21-19-44)40(47)29-43-39(46)28-42-26-33-23-34(27-42)25-37(42)24-33/h9-10,12-17,33-34,37H,2-8,11,18-31H2,1H3,(H,43,46). The van der Waals surface area contributed by atoms with Gasteiger partial charge in [0.15, 0.2) is 0 Å². The highest BCUT2D eigenvalue weighted by molar-refractivity contribution is 5.89. The van der Waals surface area contributed by atoms with Gasteiger partial charge in [-0.1, -0.05) is 82.2 Å². The average molecular weight is 686 g/mol. The van der Waals surface area contributed by atoms with Crippen LogP contribution in [0.4, 0.5) is 0 Å². The fraction of sp³-hybridized carbons (Fsp3) is 0.643. The van der Waals surface area contributed by atoms with Gasteiger partial charge in [-0.3, -0.25) is 14.5 Å². The largest absolute Gasteiger partial charge is 0.489 e. The van der Waals surface area contributed by atoms with Crippen LogP contribution < -0.4 is 10.1 Å². The van der Waals surface area contributed by atoms with Crippen molar-refractivity contribution < 1.29 is 23.9 Å². The van der Waals surface area contributed by atoms with Gasteiger partial charge >= 0.3 is 5.97 Å². The van der Waals surface area contributed by atoms with Crippen LogP contribution in [0.3, 0.4) is 0 Å². The van der Waals surface area contributed by atoms with Crippen molar-refractivity contribution in [3.63, 3.8) is 0 Å². The Morgan fingerprint density at radius 2 is 1.50 bits per heavy atom. The molecule has 0 radical (unpaired) electrons. The molecule has 7 rings (SSSR count). The number of carbonyl (C=O) groups is 3. The molecule has 4 aliphatic carbocycles. The van der Waals surface area contributed by atoms with Crippen molar-refractivity contribution in [2.24, 2.45) is 23.2 Å². The summed E-state index contributed by atoms with van der Waals surface area (Å²) < 4.78 is 11.7. The molecule has 2 unspecified atom stereocenters. The Balaban J connectivity index is 0.869. The fourth-order valence-corrected chi connectivity index (χ4v) is 9.48. The van der Waals surface area contributed by atoms with Gasteiger partial charge in [0, 0.05) is 44.7 Å². The molecule has 1 saturated heterocycles. The SMILES string of the molecule is CCCCCCCCCCOC(=O)c1ccc(COc2ccccc2CN2CCN(C(=O)CNC(=O)CC34CC5CC(CC3C5)C4)CC2)cc1. The van der Waals surface area contributed by atoms with Crippen LogP contribution in [0.25, 0.3) is 0 Å². The second kappa shape index (κ2) is 17.7. The zero-order valence-electron chi connectivity index (χ0n) is 30.3. The number of benzene rings is 2. The average Bonchev–Trinajstić information content (AvgIpc) is 3.51. The zero-order valence-corrected chi connectivity index (χ0v) is 30.3. The first kappa shape index (κ1) is 36.4. The Morgan fingerprint density at radius 1 is 0.820 bits per heavy atom. The topological polar surface area (TPSA) is 88.2 Å². The van der Waals surface area contributed by atoms with E-state index in [1.807, 2.05) is 47.4 Å². The Kier molecular flexibility index (Phi) is 12.9. The smallest absolute Gasteiger partial charge is 0.338 e. The van der Waals surface area contributed by atoms with Crippen LogP contribution in [0.15, 0.2) is 48.5 Å². The predicted octanol–water partition coefficient (Wildman–Crippen LogP) is 7.54. The van der Waals surface area contributed by atoms with Crippen LogP contribution in [-0.4, -0.2) is 66.9 Å². The van der Waals surface area contributed by atoms with E-state index < -0.39 is 0 Å². The minimum atomic E-state index is -0.269. The van der Waals surface area contributed by atoms with E-state index in [1.165, 1.54) is 70.6 Å². The number of ether oxygens (including phenoxy) is 2. The predicted molar refractivity (Wildman–Crippen MR) is 196 cm³/mol. The Bertz CT molecular complexity index is 1400. The van der Waals surface area contributed by atoms with Crippen LogP contribution >= 0.6 is 0 Å². The Hall–Kier alpha value is -3.39. The van der Waals surface area contributed by atoms with E-state index in [4.69, 9.17) is 9.47 Å². The monoisotopic (exact) mass is 685 g/mol. The lowest BCUT2D eigenvalue weighted by atomic mass is 9.73. The molecule has 8 heteroatoms. The second-order valence-electron chi connectivity index (χ2n) is 15.7. The lowest BCUT2D eigenvalue weighted by molar-refractivity contribution is -0.135. The number of hydrogen-bond acceptors (Lipinski definition) is 6. The molecule has 1 N–H and O–H groups in total. The third kappa shape index (κ3) is 9.68. The van der Waals surface area contributed by atoms with Crippen molar-refractivity contribution in [1.82, 2.24) is 15.1 Å². The van der Waals surface area contributed by atoms with Crippen molar-refractivity contribution in [2.45, 2.75) is 110 Å². The number of rotatable bonds is 19. The number of hydrogen-bond donors (Lipinski definition) is 1. The first-order chi connectivity index (χ1) is 24.4. The van der Waals surface area contributed by atoms with Crippen LogP contribution in [-0.2, 0) is 27.5 Å². The molecule has 0 aromatic heterocycles. The number of amides is 2. The summed E-state index contributed by atoms with van der Waals surface area (Å²) in [6.45, 7) is 6.81. The summed E-state index contributed by atoms with van der Waals surface area (Å²) in [5.74, 6) is 3.04. The van der Waals surface area contributed by atoms with Gasteiger partial charge < -0.3 is 19.7 Å². The van der Waals surface area contributed by atoms with E-state index in [-0.39, 0.29) is 29.7 Å². The van der Waals surface area contributed by atoms with Gasteiger partial charge in [-0.2, -0.15) is 0 Å². The number of esters is 1. The number of unbranched alkanes of at least 4 members (excludes halogenated alkanes) is 7. The van der Waals surface area contributed by atoms with Crippen LogP contribution in [0.1, 0.15) is 118 Å². The molecule has 4 saturated carbocycles. The van der Waals surface area contributed by atoms with Gasteiger partial charge in [-0.25, -0.2) is 4.79 Å². The van der Waals surface area contributed by atoms with Gasteiger partial charge in [-0.15, -0.1) is 0 Å². The molecular weight excluding hydrogens is 626 g/mol. The summed E-state index contributed by atoms with van der Waals surface area (Å²) in [6, 6.07) is 15.6. The minimum absolute atomic E-state index is 0.0132. The molecule has 2 aromatic rings. The normalized spacial score (nSPS) is 24.0. The third-order valence-corrected chi connectivity index (χ3v) is 12.0. The maximum Gasteiger partial charge on any atom is 0.338 e. The molecular formula is C42H59N3O5. The molecule has 1 aliphatic heterocycles. The summed E-state index contributed by atoms with van der Waals surface area (Å²) in [4.78, 5) is 42.6. The van der Waals surface area contributed by atoms with Gasteiger partial charge in [-0.05, 0) is 85.5 Å². The molecule has 50 heavy (non-hydrogen) atoms. The van der Waals surface area contributed by atoms with E-state index in [2.05, 4.69) is 23.2 Å². The highest BCUT2D eigenvalue weighted by Gasteiger charge is 2.58. The van der Waals surface area contributed by atoms with Gasteiger partial charge in [0.1, 0.15) is 12.4 Å². The van der Waals surface area contributed by atoms with Crippen molar-refractivity contribution in [1.29, 1.82) is 0 Å². The number of nitrogens with one attached hydrogen (secondary N) is 1. The van der Waals surface area contributed by atoms with E-state index in [9.17, 15) is 14.4 Å². The number of piperazine rings is 1. The molecule has 0 spiro atoms. The van der Waals surface area contributed by atoms with Crippen molar-refractivity contribution in [2.75, 3.05) is 39.3 Å². The maximum atomic E-state index is 13.0. The maximum absolute atomic E-state index is 13.0. The number of para-hydroxylation sites is 1. The first-order valence-corrected chi connectivity index (χ1v) is 19.6. The molecule has 2 amide bonds. The molecule has 5 aliphatic rings. The molecule has 2 aromatic carbocycles. The van der Waals surface area contributed by atoms with E-state index in [0.29, 0.717) is 38.3 Å². The Morgan fingerprint density at radius 3 is 2.22 bits per heavy atom. The van der Waals surface area contributed by atoms with Crippen LogP contribution in [0.5, 0.6) is 5.75 Å². The van der Waals surface area contributed by atoms with E-state index >= 15 is 0 Å². The first-order valence-electron chi connectivity index (χ1n) is 19.6. The van der Waals surface area contributed by atoms with Gasteiger partial charge in [0.2, 0.25) is 11.8 Å². The zero-order chi connectivity index (χ0) is 34.8. The van der Waals surface area contributed by atoms with Crippen LogP contribution in [0, 0.1) is 23.2 Å². The Labute approximate surface area is 299 Å². The summed E-state index contributed by atoms with van der Waals surface area (Å²) in [7, 11) is 0. The van der Waals surface area contributed by atoms with E-state index in [0.717, 1.165) is 67.1 Å². The highest BCUT2D eigenvalue weighted by atomic mass is 16.5. The third-order valence-electron chi connectivity index (χ3n) is 12.0.